The molecule has 1 aromatic heterocycles. The topological polar surface area (TPSA) is 108 Å². The number of hydrogen-bond donors (Lipinski definition) is 1. The van der Waals surface area contributed by atoms with Gasteiger partial charge in [0, 0.05) is 31.9 Å². The highest BCUT2D eigenvalue weighted by Crippen LogP contribution is 2.35. The largest absolute Gasteiger partial charge is 0.481 e. The van der Waals surface area contributed by atoms with Crippen LogP contribution >= 0.6 is 0 Å². The number of nitrogens with one attached hydrogen (secondary N) is 1. The molecule has 2 heterocycles. The van der Waals surface area contributed by atoms with Crippen LogP contribution in [0.2, 0.25) is 0 Å². The van der Waals surface area contributed by atoms with Gasteiger partial charge < -0.3 is 24.6 Å². The summed E-state index contributed by atoms with van der Waals surface area (Å²) in [5.74, 6) is -0.625. The normalized spacial score (nSPS) is 16.0. The van der Waals surface area contributed by atoms with Gasteiger partial charge in [0.05, 0.1) is 38.0 Å². The average molecular weight is 477 g/mol. The Kier molecular flexibility index (Phi) is 7.14. The van der Waals surface area contributed by atoms with E-state index < -0.39 is 35.2 Å². The minimum Gasteiger partial charge on any atom is -0.481 e. The highest BCUT2D eigenvalue weighted by molar-refractivity contribution is 5.97. The number of ether oxygens (including phenoxy) is 2. The molecule has 2 aromatic rings. The van der Waals surface area contributed by atoms with Crippen molar-refractivity contribution in [3.05, 3.63) is 47.0 Å². The lowest BCUT2D eigenvalue weighted by molar-refractivity contribution is -0.137. The number of halogens is 3. The van der Waals surface area contributed by atoms with Crippen molar-refractivity contribution < 1.29 is 32.2 Å². The number of alkyl halides is 3. The number of piperazine rings is 1. The van der Waals surface area contributed by atoms with E-state index in [2.05, 4.69) is 10.3 Å². The van der Waals surface area contributed by atoms with Crippen LogP contribution in [-0.2, 0) is 11.0 Å². The first-order chi connectivity index (χ1) is 16.1. The molecule has 0 saturated carbocycles. The van der Waals surface area contributed by atoms with E-state index in [-0.39, 0.29) is 42.6 Å². The fraction of sp³-hybridized carbons (Fsp3) is 0.364. The molecule has 12 heteroatoms. The van der Waals surface area contributed by atoms with Gasteiger partial charge >= 0.3 is 6.18 Å². The van der Waals surface area contributed by atoms with E-state index in [9.17, 15) is 22.8 Å². The molecule has 1 unspecified atom stereocenters. The third-order valence-corrected chi connectivity index (χ3v) is 5.44. The summed E-state index contributed by atoms with van der Waals surface area (Å²) in [5.41, 5.74) is -1.32. The average Bonchev–Trinajstić information content (AvgIpc) is 2.86. The molecule has 1 aliphatic heterocycles. The van der Waals surface area contributed by atoms with Gasteiger partial charge in [0.2, 0.25) is 17.7 Å². The minimum atomic E-state index is -4.74. The van der Waals surface area contributed by atoms with Gasteiger partial charge in [-0.15, -0.1) is 0 Å². The van der Waals surface area contributed by atoms with Crippen LogP contribution in [0.5, 0.6) is 11.8 Å². The zero-order chi connectivity index (χ0) is 25.0. The number of nitrogens with zero attached hydrogens (tertiary/aromatic N) is 4. The zero-order valence-corrected chi connectivity index (χ0v) is 18.6. The maximum atomic E-state index is 13.5. The molecule has 1 atom stereocenters. The molecule has 0 aliphatic carbocycles. The maximum absolute atomic E-state index is 13.5. The van der Waals surface area contributed by atoms with Gasteiger partial charge in [-0.1, -0.05) is 0 Å². The third kappa shape index (κ3) is 4.83. The van der Waals surface area contributed by atoms with Crippen molar-refractivity contribution >= 4 is 17.5 Å². The van der Waals surface area contributed by atoms with Crippen molar-refractivity contribution in [2.24, 2.45) is 0 Å². The van der Waals surface area contributed by atoms with Crippen LogP contribution in [0.25, 0.3) is 0 Å². The highest BCUT2D eigenvalue weighted by Gasteiger charge is 2.38. The van der Waals surface area contributed by atoms with Gasteiger partial charge in [-0.3, -0.25) is 9.59 Å². The quantitative estimate of drug-likeness (QED) is 0.703. The monoisotopic (exact) mass is 477 g/mol. The number of carbonyl (C=O) groups is 2. The summed E-state index contributed by atoms with van der Waals surface area (Å²) in [5, 5.41) is 11.5. The summed E-state index contributed by atoms with van der Waals surface area (Å²) in [6.07, 6.45) is -4.74. The number of methoxy groups -OCH3 is 2. The summed E-state index contributed by atoms with van der Waals surface area (Å²) < 4.78 is 50.6. The fourth-order valence-corrected chi connectivity index (χ4v) is 3.74. The van der Waals surface area contributed by atoms with E-state index >= 15 is 0 Å². The SMILES string of the molecule is CNC(=O)C1CN(C(=O)c2ccc(OC)nc2OC)CCN1c1ccc(C#N)c(C(F)(F)F)c1. The van der Waals surface area contributed by atoms with Gasteiger partial charge in [0.1, 0.15) is 11.6 Å². The van der Waals surface area contributed by atoms with E-state index in [1.165, 1.54) is 55.3 Å². The number of rotatable bonds is 5. The molecule has 1 saturated heterocycles. The van der Waals surface area contributed by atoms with Gasteiger partial charge in [-0.05, 0) is 24.3 Å². The molecule has 1 N–H and O–H groups in total. The van der Waals surface area contributed by atoms with Gasteiger partial charge in [0.15, 0.2) is 0 Å². The second kappa shape index (κ2) is 9.86. The molecule has 3 rings (SSSR count). The Morgan fingerprint density at radius 2 is 1.91 bits per heavy atom. The first kappa shape index (κ1) is 24.6. The lowest BCUT2D eigenvalue weighted by Crippen LogP contribution is -2.60. The molecular formula is C22H22F3N5O4. The Morgan fingerprint density at radius 3 is 2.50 bits per heavy atom. The van der Waals surface area contributed by atoms with E-state index in [1.807, 2.05) is 0 Å². The number of hydrogen-bond acceptors (Lipinski definition) is 7. The van der Waals surface area contributed by atoms with Crippen molar-refractivity contribution in [1.29, 1.82) is 5.26 Å². The van der Waals surface area contributed by atoms with E-state index in [4.69, 9.17) is 14.7 Å². The number of aromatic nitrogens is 1. The van der Waals surface area contributed by atoms with Crippen molar-refractivity contribution in [3.8, 4) is 17.8 Å². The number of amides is 2. The molecule has 34 heavy (non-hydrogen) atoms. The van der Waals surface area contributed by atoms with Crippen LogP contribution in [0.4, 0.5) is 18.9 Å². The minimum absolute atomic E-state index is 0.0465. The Morgan fingerprint density at radius 1 is 1.18 bits per heavy atom. The van der Waals surface area contributed by atoms with Gasteiger partial charge in [-0.25, -0.2) is 0 Å². The number of pyridine rings is 1. The van der Waals surface area contributed by atoms with E-state index in [0.717, 1.165) is 12.1 Å². The molecule has 0 spiro atoms. The zero-order valence-electron chi connectivity index (χ0n) is 18.6. The molecule has 1 aliphatic rings. The molecule has 2 amide bonds. The maximum Gasteiger partial charge on any atom is 0.417 e. The third-order valence-electron chi connectivity index (χ3n) is 5.44. The van der Waals surface area contributed by atoms with Crippen LogP contribution in [-0.4, -0.2) is 68.6 Å². The van der Waals surface area contributed by atoms with Gasteiger partial charge in [0.25, 0.3) is 5.91 Å². The highest BCUT2D eigenvalue weighted by atomic mass is 19.4. The van der Waals surface area contributed by atoms with Crippen LogP contribution in [0.3, 0.4) is 0 Å². The molecule has 0 radical (unpaired) electrons. The number of carbonyl (C=O) groups excluding carboxylic acids is 2. The second-order valence-electron chi connectivity index (χ2n) is 7.32. The lowest BCUT2D eigenvalue weighted by atomic mass is 10.0. The Hall–Kier alpha value is -4.01. The Labute approximate surface area is 193 Å². The van der Waals surface area contributed by atoms with Crippen LogP contribution in [0.1, 0.15) is 21.5 Å². The summed E-state index contributed by atoms with van der Waals surface area (Å²) >= 11 is 0. The van der Waals surface area contributed by atoms with Gasteiger partial charge in [-0.2, -0.15) is 23.4 Å². The van der Waals surface area contributed by atoms with Crippen LogP contribution in [0.15, 0.2) is 30.3 Å². The predicted octanol–water partition coefficient (Wildman–Crippen LogP) is 2.07. The number of likely N-dealkylation sites (N-methyl/N-ethyl adjacent to an activating group) is 1. The first-order valence-corrected chi connectivity index (χ1v) is 10.1. The molecule has 9 nitrogen and oxygen atoms in total. The lowest BCUT2D eigenvalue weighted by Gasteiger charge is -2.42. The summed E-state index contributed by atoms with van der Waals surface area (Å²) in [7, 11) is 4.17. The Bertz CT molecular complexity index is 1130. The standard InChI is InChI=1S/C22H22F3N5O4/c1-27-19(31)17-12-29(21(32)15-6-7-18(33-2)28-20(15)34-3)8-9-30(17)14-5-4-13(11-26)16(10-14)22(23,24)25/h4-7,10,17H,8-9,12H2,1-3H3,(H,27,31). The van der Waals surface area contributed by atoms with E-state index in [1.54, 1.807) is 0 Å². The molecule has 0 bridgehead atoms. The van der Waals surface area contributed by atoms with Crippen LogP contribution < -0.4 is 19.7 Å². The molecule has 1 aromatic carbocycles. The summed E-state index contributed by atoms with van der Waals surface area (Å²) in [4.78, 5) is 32.8. The predicted molar refractivity (Wildman–Crippen MR) is 115 cm³/mol. The molecule has 180 valence electrons. The Balaban J connectivity index is 1.93. The molecular weight excluding hydrogens is 455 g/mol. The summed E-state index contributed by atoms with van der Waals surface area (Å²) in [6, 6.07) is 6.85. The number of anilines is 1. The second-order valence-corrected chi connectivity index (χ2v) is 7.32. The number of benzene rings is 1. The molecule has 1 fully saturated rings. The van der Waals surface area contributed by atoms with E-state index in [0.29, 0.717) is 0 Å². The number of nitriles is 1. The van der Waals surface area contributed by atoms with Crippen molar-refractivity contribution in [3.63, 3.8) is 0 Å². The van der Waals surface area contributed by atoms with Crippen LogP contribution in [0, 0.1) is 11.3 Å². The van der Waals surface area contributed by atoms with Crippen molar-refractivity contribution in [2.45, 2.75) is 12.2 Å². The fourth-order valence-electron chi connectivity index (χ4n) is 3.74. The smallest absolute Gasteiger partial charge is 0.417 e. The van der Waals surface area contributed by atoms with Crippen molar-refractivity contribution in [2.75, 3.05) is 45.8 Å². The first-order valence-electron chi connectivity index (χ1n) is 10.1. The van der Waals surface area contributed by atoms with Crippen molar-refractivity contribution in [1.82, 2.24) is 15.2 Å². The summed E-state index contributed by atoms with van der Waals surface area (Å²) in [6.45, 7) is 0.122.